The van der Waals surface area contributed by atoms with E-state index >= 15 is 0 Å². The monoisotopic (exact) mass is 469 g/mol. The van der Waals surface area contributed by atoms with E-state index in [0.29, 0.717) is 36.6 Å². The van der Waals surface area contributed by atoms with Gasteiger partial charge in [-0.3, -0.25) is 24.6 Å². The molecule has 1 aromatic rings. The average Bonchev–Trinajstić information content (AvgIpc) is 3.09. The van der Waals surface area contributed by atoms with E-state index in [2.05, 4.69) is 24.1 Å². The lowest BCUT2D eigenvalue weighted by Crippen LogP contribution is -2.55. The predicted octanol–water partition coefficient (Wildman–Crippen LogP) is 2.35. The van der Waals surface area contributed by atoms with E-state index in [1.54, 1.807) is 11.0 Å². The van der Waals surface area contributed by atoms with E-state index in [1.807, 2.05) is 12.1 Å². The van der Waals surface area contributed by atoms with Crippen LogP contribution in [0.15, 0.2) is 18.2 Å². The molecule has 0 radical (unpaired) electrons. The second kappa shape index (κ2) is 9.30. The van der Waals surface area contributed by atoms with Gasteiger partial charge in [0.1, 0.15) is 18.4 Å². The number of nitrogens with one attached hydrogen (secondary N) is 1. The van der Waals surface area contributed by atoms with Crippen LogP contribution in [0.4, 0.5) is 0 Å². The number of hydrogen-bond donors (Lipinski definition) is 1. The molecular formula is C26H35N3O5. The zero-order valence-corrected chi connectivity index (χ0v) is 20.2. The molecule has 0 bridgehead atoms. The minimum Gasteiger partial charge on any atom is -0.492 e. The van der Waals surface area contributed by atoms with Crippen molar-refractivity contribution in [3.05, 3.63) is 29.3 Å². The van der Waals surface area contributed by atoms with Crippen LogP contribution in [0, 0.1) is 11.3 Å². The highest BCUT2D eigenvalue weighted by molar-refractivity contribution is 6.05. The summed E-state index contributed by atoms with van der Waals surface area (Å²) in [7, 11) is 0. The Hall–Kier alpha value is -2.45. The normalized spacial score (nSPS) is 24.6. The Morgan fingerprint density at radius 2 is 2.03 bits per heavy atom. The molecule has 3 heterocycles. The van der Waals surface area contributed by atoms with Gasteiger partial charge in [-0.1, -0.05) is 13.8 Å². The number of piperidine rings is 1. The Kier molecular flexibility index (Phi) is 6.37. The Morgan fingerprint density at radius 3 is 2.68 bits per heavy atom. The topological polar surface area (TPSA) is 88.2 Å². The number of amides is 3. The Labute approximate surface area is 200 Å². The number of carbonyl (C=O) groups excluding carboxylic acids is 3. The van der Waals surface area contributed by atoms with E-state index in [9.17, 15) is 14.4 Å². The first kappa shape index (κ1) is 23.3. The maximum atomic E-state index is 12.9. The summed E-state index contributed by atoms with van der Waals surface area (Å²) in [6.45, 7) is 9.39. The van der Waals surface area contributed by atoms with Crippen molar-refractivity contribution >= 4 is 17.7 Å². The molecule has 8 heteroatoms. The molecule has 2 saturated heterocycles. The minimum absolute atomic E-state index is 0.158. The van der Waals surface area contributed by atoms with Gasteiger partial charge in [-0.05, 0) is 61.9 Å². The maximum Gasteiger partial charge on any atom is 0.255 e. The summed E-state index contributed by atoms with van der Waals surface area (Å²) in [4.78, 5) is 40.7. The fourth-order valence-corrected chi connectivity index (χ4v) is 6.10. The van der Waals surface area contributed by atoms with E-state index in [-0.39, 0.29) is 24.1 Å². The quantitative estimate of drug-likeness (QED) is 0.559. The first-order valence-corrected chi connectivity index (χ1v) is 12.6. The predicted molar refractivity (Wildman–Crippen MR) is 125 cm³/mol. The minimum atomic E-state index is -0.596. The number of fused-ring (bicyclic) bond motifs is 1. The molecule has 5 rings (SSSR count). The van der Waals surface area contributed by atoms with Crippen molar-refractivity contribution in [1.29, 1.82) is 0 Å². The van der Waals surface area contributed by atoms with E-state index < -0.39 is 6.04 Å². The second-order valence-electron chi connectivity index (χ2n) is 10.4. The van der Waals surface area contributed by atoms with Gasteiger partial charge in [0.05, 0.1) is 13.2 Å². The van der Waals surface area contributed by atoms with Crippen LogP contribution < -0.4 is 10.1 Å². The zero-order chi connectivity index (χ0) is 23.9. The molecule has 1 saturated carbocycles. The van der Waals surface area contributed by atoms with Gasteiger partial charge in [-0.2, -0.15) is 0 Å². The van der Waals surface area contributed by atoms with Crippen molar-refractivity contribution < 1.29 is 23.9 Å². The zero-order valence-electron chi connectivity index (χ0n) is 20.2. The summed E-state index contributed by atoms with van der Waals surface area (Å²) in [6.07, 6.45) is 4.20. The molecule has 34 heavy (non-hydrogen) atoms. The molecule has 184 valence electrons. The number of likely N-dealkylation sites (N-methyl/N-ethyl adjacent to an activating group) is 1. The van der Waals surface area contributed by atoms with E-state index in [0.717, 1.165) is 50.0 Å². The highest BCUT2D eigenvalue weighted by Crippen LogP contribution is 2.51. The lowest BCUT2D eigenvalue weighted by atomic mass is 9.60. The number of hydrogen-bond acceptors (Lipinski definition) is 6. The third-order valence-electron chi connectivity index (χ3n) is 8.08. The third-order valence-corrected chi connectivity index (χ3v) is 8.08. The molecule has 3 aliphatic heterocycles. The lowest BCUT2D eigenvalue weighted by Gasteiger charge is -2.54. The van der Waals surface area contributed by atoms with Crippen molar-refractivity contribution in [2.75, 3.05) is 32.9 Å². The molecular weight excluding hydrogens is 434 g/mol. The standard InChI is InChI=1S/C26H35N3O5/c1-3-19(28(4-2)12-17-10-26(11-17)15-33-16-26)14-34-20-5-6-21-18(9-20)13-29(25(21)32)22-7-8-23(30)27-24(22)31/h5-6,9,17,19,22H,3-4,7-8,10-16H2,1-2H3,(H,27,30,31). The first-order valence-electron chi connectivity index (χ1n) is 12.6. The lowest BCUT2D eigenvalue weighted by molar-refractivity contribution is -0.182. The largest absolute Gasteiger partial charge is 0.492 e. The van der Waals surface area contributed by atoms with Crippen LogP contribution >= 0.6 is 0 Å². The van der Waals surface area contributed by atoms with Crippen molar-refractivity contribution in [1.82, 2.24) is 15.1 Å². The van der Waals surface area contributed by atoms with Crippen LogP contribution in [0.1, 0.15) is 61.9 Å². The number of imide groups is 1. The SMILES string of the molecule is CCC(COc1ccc2c(c1)CN(C1CCC(=O)NC1=O)C2=O)N(CC)CC1CC2(COC2)C1. The molecule has 1 spiro atoms. The highest BCUT2D eigenvalue weighted by Gasteiger charge is 2.50. The van der Waals surface area contributed by atoms with Gasteiger partial charge in [-0.15, -0.1) is 0 Å². The van der Waals surface area contributed by atoms with Crippen LogP contribution in [0.3, 0.4) is 0 Å². The second-order valence-corrected chi connectivity index (χ2v) is 10.4. The Bertz CT molecular complexity index is 967. The number of rotatable bonds is 9. The van der Waals surface area contributed by atoms with Crippen LogP contribution in [0.2, 0.25) is 0 Å². The van der Waals surface area contributed by atoms with Crippen LogP contribution in [-0.4, -0.2) is 72.5 Å². The van der Waals surface area contributed by atoms with Gasteiger partial charge < -0.3 is 14.4 Å². The fourth-order valence-electron chi connectivity index (χ4n) is 6.10. The summed E-state index contributed by atoms with van der Waals surface area (Å²) >= 11 is 0. The number of nitrogens with zero attached hydrogens (tertiary/aromatic N) is 2. The molecule has 4 aliphatic rings. The van der Waals surface area contributed by atoms with Crippen molar-refractivity contribution in [2.45, 2.75) is 64.6 Å². The molecule has 2 atom stereocenters. The smallest absolute Gasteiger partial charge is 0.255 e. The molecule has 8 nitrogen and oxygen atoms in total. The van der Waals surface area contributed by atoms with E-state index in [4.69, 9.17) is 9.47 Å². The molecule has 3 amide bonds. The van der Waals surface area contributed by atoms with E-state index in [1.165, 1.54) is 12.8 Å². The first-order chi connectivity index (χ1) is 16.4. The summed E-state index contributed by atoms with van der Waals surface area (Å²) in [5.74, 6) is 0.681. The van der Waals surface area contributed by atoms with Crippen molar-refractivity contribution in [3.63, 3.8) is 0 Å². The van der Waals surface area contributed by atoms with Gasteiger partial charge in [0, 0.05) is 36.5 Å². The van der Waals surface area contributed by atoms with Crippen molar-refractivity contribution in [2.24, 2.45) is 11.3 Å². The third kappa shape index (κ3) is 4.33. The fraction of sp³-hybridized carbons (Fsp3) is 0.654. The van der Waals surface area contributed by atoms with Gasteiger partial charge >= 0.3 is 0 Å². The van der Waals surface area contributed by atoms with Gasteiger partial charge in [0.25, 0.3) is 5.91 Å². The maximum absolute atomic E-state index is 12.9. The number of ether oxygens (including phenoxy) is 2. The van der Waals surface area contributed by atoms with Crippen LogP contribution in [0.5, 0.6) is 5.75 Å². The van der Waals surface area contributed by atoms with Gasteiger partial charge in [0.15, 0.2) is 0 Å². The number of benzene rings is 1. The van der Waals surface area contributed by atoms with Crippen LogP contribution in [-0.2, 0) is 20.9 Å². The summed E-state index contributed by atoms with van der Waals surface area (Å²) in [5.41, 5.74) is 1.97. The van der Waals surface area contributed by atoms with Gasteiger partial charge in [-0.25, -0.2) is 0 Å². The number of carbonyl (C=O) groups is 3. The van der Waals surface area contributed by atoms with Crippen molar-refractivity contribution in [3.8, 4) is 5.75 Å². The molecule has 1 N–H and O–H groups in total. The van der Waals surface area contributed by atoms with Crippen LogP contribution in [0.25, 0.3) is 0 Å². The summed E-state index contributed by atoms with van der Waals surface area (Å²) < 4.78 is 11.6. The van der Waals surface area contributed by atoms with Gasteiger partial charge in [0.2, 0.25) is 11.8 Å². The molecule has 0 aromatic heterocycles. The molecule has 1 aliphatic carbocycles. The molecule has 3 fully saturated rings. The summed E-state index contributed by atoms with van der Waals surface area (Å²) in [5, 5.41) is 2.35. The molecule has 1 aromatic carbocycles. The average molecular weight is 470 g/mol. The summed E-state index contributed by atoms with van der Waals surface area (Å²) in [6, 6.07) is 5.32. The Morgan fingerprint density at radius 1 is 1.24 bits per heavy atom. The highest BCUT2D eigenvalue weighted by atomic mass is 16.5. The molecule has 2 unspecified atom stereocenters. The Balaban J connectivity index is 1.17.